The molecule has 1 rings (SSSR count). The van der Waals surface area contributed by atoms with Crippen LogP contribution >= 0.6 is 0 Å². The Hall–Kier alpha value is -0.610. The minimum absolute atomic E-state index is 0.00787. The van der Waals surface area contributed by atoms with Crippen LogP contribution in [0.1, 0.15) is 19.8 Å². The molecule has 4 nitrogen and oxygen atoms in total. The Morgan fingerprint density at radius 1 is 1.69 bits per heavy atom. The van der Waals surface area contributed by atoms with Crippen LogP contribution in [0.4, 0.5) is 0 Å². The molecule has 0 unspecified atom stereocenters. The maximum Gasteiger partial charge on any atom is 0.239 e. The predicted octanol–water partition coefficient (Wildman–Crippen LogP) is -0.421. The van der Waals surface area contributed by atoms with Crippen molar-refractivity contribution in [2.45, 2.75) is 25.8 Å². The van der Waals surface area contributed by atoms with Crippen molar-refractivity contribution in [3.8, 4) is 0 Å². The maximum absolute atomic E-state index is 11.7. The van der Waals surface area contributed by atoms with Crippen LogP contribution in [0.5, 0.6) is 0 Å². The molecule has 2 N–H and O–H groups in total. The fourth-order valence-corrected chi connectivity index (χ4v) is 1.66. The zero-order valence-electron chi connectivity index (χ0n) is 8.12. The van der Waals surface area contributed by atoms with E-state index in [1.165, 1.54) is 0 Å². The maximum atomic E-state index is 11.7. The van der Waals surface area contributed by atoms with Crippen LogP contribution in [-0.2, 0) is 4.79 Å². The van der Waals surface area contributed by atoms with Crippen molar-refractivity contribution in [3.05, 3.63) is 0 Å². The first-order valence-corrected chi connectivity index (χ1v) is 4.92. The smallest absolute Gasteiger partial charge is 0.239 e. The highest BCUT2D eigenvalue weighted by Crippen LogP contribution is 2.08. The number of hydrogen-bond donors (Lipinski definition) is 2. The molecule has 0 bridgehead atoms. The van der Waals surface area contributed by atoms with Crippen molar-refractivity contribution in [2.24, 2.45) is 0 Å². The summed E-state index contributed by atoms with van der Waals surface area (Å²) >= 11 is 0. The average molecular weight is 186 g/mol. The molecule has 0 saturated carbocycles. The van der Waals surface area contributed by atoms with Gasteiger partial charge in [-0.3, -0.25) is 4.79 Å². The summed E-state index contributed by atoms with van der Waals surface area (Å²) in [5.41, 5.74) is 0. The minimum atomic E-state index is -0.00787. The molecule has 0 aliphatic carbocycles. The summed E-state index contributed by atoms with van der Waals surface area (Å²) < 4.78 is 0. The van der Waals surface area contributed by atoms with E-state index in [2.05, 4.69) is 5.32 Å². The Balaban J connectivity index is 2.42. The predicted molar refractivity (Wildman–Crippen MR) is 50.4 cm³/mol. The number of aliphatic hydroxyl groups is 1. The van der Waals surface area contributed by atoms with Crippen molar-refractivity contribution in [2.75, 3.05) is 26.2 Å². The second kappa shape index (κ2) is 5.19. The molecule has 1 heterocycles. The molecule has 76 valence electrons. The molecule has 1 amide bonds. The lowest BCUT2D eigenvalue weighted by Crippen LogP contribution is -2.44. The molecule has 4 heteroatoms. The largest absolute Gasteiger partial charge is 0.395 e. The Kier molecular flexibility index (Phi) is 4.18. The highest BCUT2D eigenvalue weighted by molar-refractivity contribution is 5.82. The first-order valence-electron chi connectivity index (χ1n) is 4.92. The van der Waals surface area contributed by atoms with Gasteiger partial charge in [-0.25, -0.2) is 0 Å². The molecule has 1 saturated heterocycles. The first-order chi connectivity index (χ1) is 6.29. The molecular weight excluding hydrogens is 168 g/mol. The standard InChI is InChI=1S/C9H18N2O2/c1-2-11(6-7-12)9(13)8-4-3-5-10-8/h8,10,12H,2-7H2,1H3/t8-/m0/s1. The third-order valence-electron chi connectivity index (χ3n) is 2.42. The quantitative estimate of drug-likeness (QED) is 0.627. The van der Waals surface area contributed by atoms with Gasteiger partial charge < -0.3 is 15.3 Å². The normalized spacial score (nSPS) is 21.8. The lowest BCUT2D eigenvalue weighted by Gasteiger charge is -2.23. The van der Waals surface area contributed by atoms with Crippen LogP contribution in [0, 0.1) is 0 Å². The Bertz CT molecular complexity index is 167. The van der Waals surface area contributed by atoms with Crippen LogP contribution < -0.4 is 5.32 Å². The highest BCUT2D eigenvalue weighted by atomic mass is 16.3. The summed E-state index contributed by atoms with van der Waals surface area (Å²) in [5, 5.41) is 11.9. The lowest BCUT2D eigenvalue weighted by atomic mass is 10.2. The van der Waals surface area contributed by atoms with E-state index in [1.54, 1.807) is 4.90 Å². The summed E-state index contributed by atoms with van der Waals surface area (Å²) in [6.45, 7) is 4.05. The molecule has 1 aliphatic heterocycles. The van der Waals surface area contributed by atoms with Gasteiger partial charge in [0.1, 0.15) is 0 Å². The van der Waals surface area contributed by atoms with E-state index < -0.39 is 0 Å². The molecule has 1 atom stereocenters. The van der Waals surface area contributed by atoms with Gasteiger partial charge in [0.25, 0.3) is 0 Å². The van der Waals surface area contributed by atoms with E-state index in [0.717, 1.165) is 19.4 Å². The lowest BCUT2D eigenvalue weighted by molar-refractivity contribution is -0.133. The number of nitrogens with zero attached hydrogens (tertiary/aromatic N) is 1. The molecule has 0 spiro atoms. The topological polar surface area (TPSA) is 52.6 Å². The van der Waals surface area contributed by atoms with Gasteiger partial charge in [0.15, 0.2) is 0 Å². The van der Waals surface area contributed by atoms with E-state index in [9.17, 15) is 4.79 Å². The molecule has 1 fully saturated rings. The van der Waals surface area contributed by atoms with E-state index in [0.29, 0.717) is 13.1 Å². The van der Waals surface area contributed by atoms with Crippen molar-refractivity contribution >= 4 is 5.91 Å². The number of hydrogen-bond acceptors (Lipinski definition) is 3. The zero-order chi connectivity index (χ0) is 9.68. The van der Waals surface area contributed by atoms with Crippen LogP contribution in [0.3, 0.4) is 0 Å². The van der Waals surface area contributed by atoms with Gasteiger partial charge in [-0.1, -0.05) is 0 Å². The van der Waals surface area contributed by atoms with Crippen LogP contribution in [0.15, 0.2) is 0 Å². The summed E-state index contributed by atoms with van der Waals surface area (Å²) in [6.07, 6.45) is 2.01. The van der Waals surface area contributed by atoms with E-state index in [-0.39, 0.29) is 18.6 Å². The number of likely N-dealkylation sites (N-methyl/N-ethyl adjacent to an activating group) is 1. The minimum Gasteiger partial charge on any atom is -0.395 e. The number of amides is 1. The van der Waals surface area contributed by atoms with Crippen molar-refractivity contribution < 1.29 is 9.90 Å². The van der Waals surface area contributed by atoms with Gasteiger partial charge in [-0.2, -0.15) is 0 Å². The number of aliphatic hydroxyl groups excluding tert-OH is 1. The Morgan fingerprint density at radius 3 is 2.92 bits per heavy atom. The van der Waals surface area contributed by atoms with Crippen LogP contribution in [-0.4, -0.2) is 48.2 Å². The fraction of sp³-hybridized carbons (Fsp3) is 0.889. The van der Waals surface area contributed by atoms with Crippen LogP contribution in [0.2, 0.25) is 0 Å². The van der Waals surface area contributed by atoms with Gasteiger partial charge in [0.05, 0.1) is 12.6 Å². The number of carbonyl (C=O) groups is 1. The van der Waals surface area contributed by atoms with Gasteiger partial charge in [-0.05, 0) is 26.3 Å². The monoisotopic (exact) mass is 186 g/mol. The molecule has 13 heavy (non-hydrogen) atoms. The fourth-order valence-electron chi connectivity index (χ4n) is 1.66. The second-order valence-corrected chi connectivity index (χ2v) is 3.29. The third kappa shape index (κ3) is 2.67. The zero-order valence-corrected chi connectivity index (χ0v) is 8.12. The van der Waals surface area contributed by atoms with Crippen LogP contribution in [0.25, 0.3) is 0 Å². The SMILES string of the molecule is CCN(CCO)C(=O)[C@@H]1CCCN1. The molecule has 1 aliphatic rings. The van der Waals surface area contributed by atoms with Crippen molar-refractivity contribution in [1.82, 2.24) is 10.2 Å². The van der Waals surface area contributed by atoms with Crippen molar-refractivity contribution in [1.29, 1.82) is 0 Å². The Labute approximate surface area is 78.9 Å². The number of nitrogens with one attached hydrogen (secondary N) is 1. The van der Waals surface area contributed by atoms with Gasteiger partial charge in [-0.15, -0.1) is 0 Å². The molecule has 0 aromatic rings. The van der Waals surface area contributed by atoms with Crippen molar-refractivity contribution in [3.63, 3.8) is 0 Å². The molecule has 0 radical (unpaired) electrons. The second-order valence-electron chi connectivity index (χ2n) is 3.29. The molecule has 0 aromatic carbocycles. The average Bonchev–Trinajstić information content (AvgIpc) is 2.65. The first kappa shape index (κ1) is 10.5. The summed E-state index contributed by atoms with van der Waals surface area (Å²) in [5.74, 6) is 0.133. The van der Waals surface area contributed by atoms with E-state index in [1.807, 2.05) is 6.92 Å². The Morgan fingerprint density at radius 2 is 2.46 bits per heavy atom. The van der Waals surface area contributed by atoms with Gasteiger partial charge in [0, 0.05) is 13.1 Å². The van der Waals surface area contributed by atoms with Gasteiger partial charge in [0.2, 0.25) is 5.91 Å². The van der Waals surface area contributed by atoms with E-state index >= 15 is 0 Å². The summed E-state index contributed by atoms with van der Waals surface area (Å²) in [4.78, 5) is 13.4. The third-order valence-corrected chi connectivity index (χ3v) is 2.42. The molecule has 0 aromatic heterocycles. The van der Waals surface area contributed by atoms with Gasteiger partial charge >= 0.3 is 0 Å². The number of rotatable bonds is 4. The van der Waals surface area contributed by atoms with E-state index in [4.69, 9.17) is 5.11 Å². The summed E-state index contributed by atoms with van der Waals surface area (Å²) in [6, 6.07) is -0.00787. The summed E-state index contributed by atoms with van der Waals surface area (Å²) in [7, 11) is 0. The number of carbonyl (C=O) groups excluding carboxylic acids is 1. The molecular formula is C9H18N2O2. The highest BCUT2D eigenvalue weighted by Gasteiger charge is 2.25.